The van der Waals surface area contributed by atoms with Crippen molar-refractivity contribution in [2.75, 3.05) is 20.6 Å². The molecule has 1 saturated heterocycles. The number of benzene rings is 1. The predicted octanol–water partition coefficient (Wildman–Crippen LogP) is 2.05. The van der Waals surface area contributed by atoms with E-state index in [2.05, 4.69) is 50.2 Å². The summed E-state index contributed by atoms with van der Waals surface area (Å²) in [6.45, 7) is 3.79. The van der Waals surface area contributed by atoms with Crippen molar-refractivity contribution in [1.29, 1.82) is 0 Å². The Labute approximate surface area is 109 Å². The Kier molecular flexibility index (Phi) is 4.02. The van der Waals surface area contributed by atoms with Crippen LogP contribution in [0.1, 0.15) is 24.0 Å². The number of rotatable bonds is 4. The van der Waals surface area contributed by atoms with Crippen LogP contribution in [0.3, 0.4) is 0 Å². The first-order valence-corrected chi connectivity index (χ1v) is 6.56. The first-order valence-electron chi connectivity index (χ1n) is 6.56. The van der Waals surface area contributed by atoms with Crippen LogP contribution in [0.25, 0.3) is 0 Å². The van der Waals surface area contributed by atoms with Gasteiger partial charge in [0.1, 0.15) is 0 Å². The molecule has 1 aromatic carbocycles. The molecule has 1 aromatic rings. The van der Waals surface area contributed by atoms with Gasteiger partial charge in [0.2, 0.25) is 5.91 Å². The molecular weight excluding hydrogens is 224 g/mol. The number of nitrogens with zero attached hydrogens (tertiary/aromatic N) is 2. The van der Waals surface area contributed by atoms with Crippen LogP contribution in [0.2, 0.25) is 0 Å². The van der Waals surface area contributed by atoms with Gasteiger partial charge < -0.3 is 9.80 Å². The summed E-state index contributed by atoms with van der Waals surface area (Å²) in [5, 5.41) is 0. The molecule has 1 atom stereocenters. The molecule has 0 aromatic heterocycles. The van der Waals surface area contributed by atoms with E-state index < -0.39 is 0 Å². The van der Waals surface area contributed by atoms with Crippen molar-refractivity contribution >= 4 is 5.91 Å². The van der Waals surface area contributed by atoms with Gasteiger partial charge in [-0.3, -0.25) is 4.79 Å². The van der Waals surface area contributed by atoms with Gasteiger partial charge in [0.15, 0.2) is 0 Å². The van der Waals surface area contributed by atoms with Gasteiger partial charge in [-0.2, -0.15) is 0 Å². The zero-order valence-electron chi connectivity index (χ0n) is 11.5. The van der Waals surface area contributed by atoms with Crippen LogP contribution in [-0.2, 0) is 11.3 Å². The Morgan fingerprint density at radius 1 is 1.28 bits per heavy atom. The first-order chi connectivity index (χ1) is 8.56. The number of hydrogen-bond acceptors (Lipinski definition) is 2. The number of hydrogen-bond donors (Lipinski definition) is 0. The van der Waals surface area contributed by atoms with E-state index in [1.807, 2.05) is 4.90 Å². The number of amides is 1. The highest BCUT2D eigenvalue weighted by Gasteiger charge is 2.30. The third-order valence-electron chi connectivity index (χ3n) is 3.50. The fourth-order valence-corrected chi connectivity index (χ4v) is 2.51. The van der Waals surface area contributed by atoms with Crippen LogP contribution in [0.15, 0.2) is 24.3 Å². The molecule has 1 aliphatic heterocycles. The maximum absolute atomic E-state index is 11.9. The number of carbonyl (C=O) groups excluding carboxylic acids is 1. The van der Waals surface area contributed by atoms with Gasteiger partial charge in [-0.25, -0.2) is 0 Å². The average molecular weight is 246 g/mol. The molecule has 0 bridgehead atoms. The Hall–Kier alpha value is -1.35. The minimum Gasteiger partial charge on any atom is -0.334 e. The number of aryl methyl sites for hydroxylation is 1. The van der Waals surface area contributed by atoms with Gasteiger partial charge >= 0.3 is 0 Å². The van der Waals surface area contributed by atoms with Crippen molar-refractivity contribution in [2.45, 2.75) is 32.4 Å². The van der Waals surface area contributed by atoms with Crippen molar-refractivity contribution in [3.05, 3.63) is 35.4 Å². The summed E-state index contributed by atoms with van der Waals surface area (Å²) >= 11 is 0. The minimum absolute atomic E-state index is 0.294. The van der Waals surface area contributed by atoms with Crippen LogP contribution >= 0.6 is 0 Å². The molecule has 1 fully saturated rings. The maximum Gasteiger partial charge on any atom is 0.223 e. The van der Waals surface area contributed by atoms with Gasteiger partial charge in [0, 0.05) is 25.6 Å². The molecule has 0 aliphatic carbocycles. The Morgan fingerprint density at radius 2 is 1.94 bits per heavy atom. The number of carbonyl (C=O) groups is 1. The highest BCUT2D eigenvalue weighted by Crippen LogP contribution is 2.22. The van der Waals surface area contributed by atoms with Crippen molar-refractivity contribution in [3.63, 3.8) is 0 Å². The molecule has 0 spiro atoms. The molecule has 18 heavy (non-hydrogen) atoms. The summed E-state index contributed by atoms with van der Waals surface area (Å²) < 4.78 is 0. The topological polar surface area (TPSA) is 23.6 Å². The molecule has 1 unspecified atom stereocenters. The summed E-state index contributed by atoms with van der Waals surface area (Å²) in [6, 6.07) is 8.82. The molecule has 0 saturated carbocycles. The Bertz CT molecular complexity index is 411. The SMILES string of the molecule is Cc1ccc(CN2C(=O)CCC2CN(C)C)cc1. The lowest BCUT2D eigenvalue weighted by atomic mass is 10.1. The summed E-state index contributed by atoms with van der Waals surface area (Å²) in [6.07, 6.45) is 1.69. The van der Waals surface area contributed by atoms with Gasteiger partial charge in [-0.15, -0.1) is 0 Å². The lowest BCUT2D eigenvalue weighted by Crippen LogP contribution is -2.39. The van der Waals surface area contributed by atoms with E-state index in [-0.39, 0.29) is 0 Å². The number of likely N-dealkylation sites (N-methyl/N-ethyl adjacent to an activating group) is 1. The van der Waals surface area contributed by atoms with Crippen LogP contribution < -0.4 is 0 Å². The molecule has 2 rings (SSSR count). The van der Waals surface area contributed by atoms with E-state index in [1.165, 1.54) is 11.1 Å². The highest BCUT2D eigenvalue weighted by molar-refractivity contribution is 5.78. The van der Waals surface area contributed by atoms with Crippen molar-refractivity contribution in [2.24, 2.45) is 0 Å². The zero-order chi connectivity index (χ0) is 13.1. The second kappa shape index (κ2) is 5.53. The normalized spacial score (nSPS) is 19.9. The van der Waals surface area contributed by atoms with Crippen molar-refractivity contribution in [1.82, 2.24) is 9.80 Å². The molecule has 1 heterocycles. The average Bonchev–Trinajstić information content (AvgIpc) is 2.64. The van der Waals surface area contributed by atoms with Gasteiger partial charge in [0.05, 0.1) is 0 Å². The van der Waals surface area contributed by atoms with E-state index in [1.54, 1.807) is 0 Å². The fourth-order valence-electron chi connectivity index (χ4n) is 2.51. The van der Waals surface area contributed by atoms with Crippen LogP contribution in [0.4, 0.5) is 0 Å². The molecule has 1 aliphatic rings. The first kappa shape index (κ1) is 13.1. The largest absolute Gasteiger partial charge is 0.334 e. The minimum atomic E-state index is 0.294. The van der Waals surface area contributed by atoms with E-state index >= 15 is 0 Å². The summed E-state index contributed by atoms with van der Waals surface area (Å²) in [5.74, 6) is 0.294. The van der Waals surface area contributed by atoms with Crippen LogP contribution in [-0.4, -0.2) is 42.4 Å². The molecule has 3 heteroatoms. The highest BCUT2D eigenvalue weighted by atomic mass is 16.2. The summed E-state index contributed by atoms with van der Waals surface area (Å²) in [5.41, 5.74) is 2.48. The smallest absolute Gasteiger partial charge is 0.223 e. The quantitative estimate of drug-likeness (QED) is 0.812. The van der Waals surface area contributed by atoms with Crippen LogP contribution in [0, 0.1) is 6.92 Å². The third-order valence-corrected chi connectivity index (χ3v) is 3.50. The van der Waals surface area contributed by atoms with E-state index in [4.69, 9.17) is 0 Å². The lowest BCUT2D eigenvalue weighted by molar-refractivity contribution is -0.129. The van der Waals surface area contributed by atoms with Gasteiger partial charge in [-0.05, 0) is 33.0 Å². The van der Waals surface area contributed by atoms with E-state index in [0.29, 0.717) is 18.4 Å². The van der Waals surface area contributed by atoms with Crippen molar-refractivity contribution < 1.29 is 4.79 Å². The molecule has 1 amide bonds. The second-order valence-corrected chi connectivity index (χ2v) is 5.46. The van der Waals surface area contributed by atoms with E-state index in [9.17, 15) is 4.79 Å². The number of likely N-dealkylation sites (tertiary alicyclic amines) is 1. The predicted molar refractivity (Wildman–Crippen MR) is 73.3 cm³/mol. The monoisotopic (exact) mass is 246 g/mol. The third kappa shape index (κ3) is 3.10. The molecular formula is C15H22N2O. The molecule has 0 N–H and O–H groups in total. The second-order valence-electron chi connectivity index (χ2n) is 5.46. The molecule has 98 valence electrons. The lowest BCUT2D eigenvalue weighted by Gasteiger charge is -2.27. The molecule has 0 radical (unpaired) electrons. The Morgan fingerprint density at radius 3 is 2.56 bits per heavy atom. The molecule has 3 nitrogen and oxygen atoms in total. The maximum atomic E-state index is 11.9. The van der Waals surface area contributed by atoms with E-state index in [0.717, 1.165) is 19.5 Å². The summed E-state index contributed by atoms with van der Waals surface area (Å²) in [7, 11) is 4.12. The Balaban J connectivity index is 2.05. The standard InChI is InChI=1S/C15H22N2O/c1-12-4-6-13(7-5-12)10-17-14(11-16(2)3)8-9-15(17)18/h4-7,14H,8-11H2,1-3H3. The summed E-state index contributed by atoms with van der Waals surface area (Å²) in [4.78, 5) is 16.1. The van der Waals surface area contributed by atoms with Gasteiger partial charge in [-0.1, -0.05) is 29.8 Å². The fraction of sp³-hybridized carbons (Fsp3) is 0.533. The zero-order valence-corrected chi connectivity index (χ0v) is 11.5. The van der Waals surface area contributed by atoms with Crippen LogP contribution in [0.5, 0.6) is 0 Å². The van der Waals surface area contributed by atoms with Gasteiger partial charge in [0.25, 0.3) is 0 Å². The van der Waals surface area contributed by atoms with Crippen molar-refractivity contribution in [3.8, 4) is 0 Å².